The quantitative estimate of drug-likeness (QED) is 0.528. The molecule has 0 saturated heterocycles. The van der Waals surface area contributed by atoms with Gasteiger partial charge in [0.1, 0.15) is 12.4 Å². The van der Waals surface area contributed by atoms with E-state index in [0.717, 1.165) is 19.5 Å². The van der Waals surface area contributed by atoms with E-state index in [4.69, 9.17) is 9.47 Å². The fraction of sp³-hybridized carbons (Fsp3) is 0.480. The third-order valence-corrected chi connectivity index (χ3v) is 5.26. The van der Waals surface area contributed by atoms with Gasteiger partial charge in [0.05, 0.1) is 6.61 Å². The molecule has 5 heteroatoms. The van der Waals surface area contributed by atoms with E-state index in [0.29, 0.717) is 35.9 Å². The summed E-state index contributed by atoms with van der Waals surface area (Å²) in [7, 11) is 0. The Morgan fingerprint density at radius 1 is 0.967 bits per heavy atom. The highest BCUT2D eigenvalue weighted by atomic mass is 16.5. The minimum atomic E-state index is -1.87. The van der Waals surface area contributed by atoms with Gasteiger partial charge in [-0.05, 0) is 48.7 Å². The molecule has 1 N–H and O–H groups in total. The van der Waals surface area contributed by atoms with Gasteiger partial charge in [0.15, 0.2) is 0 Å². The number of aliphatic hydroxyl groups is 1. The van der Waals surface area contributed by atoms with E-state index >= 15 is 0 Å². The molecule has 0 fully saturated rings. The number of ether oxygens (including phenoxy) is 2. The minimum Gasteiger partial charge on any atom is -0.494 e. The van der Waals surface area contributed by atoms with Crippen LogP contribution < -0.4 is 4.74 Å². The number of carbonyl (C=O) groups excluding carboxylic acids is 1. The number of hydrogen-bond donors (Lipinski definition) is 1. The molecule has 2 rings (SSSR count). The summed E-state index contributed by atoms with van der Waals surface area (Å²) in [6.45, 7) is 11.7. The molecule has 0 bridgehead atoms. The molecule has 0 saturated carbocycles. The van der Waals surface area contributed by atoms with Crippen LogP contribution in [0.4, 0.5) is 0 Å². The fourth-order valence-electron chi connectivity index (χ4n) is 3.20. The molecule has 0 amide bonds. The zero-order valence-electron chi connectivity index (χ0n) is 18.6. The van der Waals surface area contributed by atoms with Crippen molar-refractivity contribution < 1.29 is 19.4 Å². The molecule has 5 nitrogen and oxygen atoms in total. The van der Waals surface area contributed by atoms with Crippen LogP contribution in [0.25, 0.3) is 0 Å². The lowest BCUT2D eigenvalue weighted by Crippen LogP contribution is -2.40. The predicted octanol–water partition coefficient (Wildman–Crippen LogP) is 4.23. The molecule has 0 aliphatic heterocycles. The highest BCUT2D eigenvalue weighted by Crippen LogP contribution is 2.32. The van der Waals surface area contributed by atoms with Gasteiger partial charge >= 0.3 is 5.97 Å². The number of esters is 1. The maximum Gasteiger partial charge on any atom is 0.347 e. The van der Waals surface area contributed by atoms with E-state index in [2.05, 4.69) is 32.6 Å². The third-order valence-electron chi connectivity index (χ3n) is 5.26. The molecule has 1 atom stereocenters. The Morgan fingerprint density at radius 3 is 2.13 bits per heavy atom. The van der Waals surface area contributed by atoms with Crippen LogP contribution in [0, 0.1) is 5.92 Å². The van der Waals surface area contributed by atoms with Gasteiger partial charge in [-0.15, -0.1) is 0 Å². The smallest absolute Gasteiger partial charge is 0.347 e. The topological polar surface area (TPSA) is 59.0 Å². The Hall–Kier alpha value is -2.37. The van der Waals surface area contributed by atoms with Crippen LogP contribution >= 0.6 is 0 Å². The Bertz CT molecular complexity index is 756. The summed E-state index contributed by atoms with van der Waals surface area (Å²) < 4.78 is 11.3. The lowest BCUT2D eigenvalue weighted by molar-refractivity contribution is -0.162. The van der Waals surface area contributed by atoms with Gasteiger partial charge in [-0.25, -0.2) is 4.79 Å². The van der Waals surface area contributed by atoms with Crippen LogP contribution in [-0.2, 0) is 15.1 Å². The standard InChI is InChI=1S/C25H35NO4/c1-5-26(6-2)17-19-30-24(27)25(28,21-10-8-7-9-11-21)22-12-14-23(15-13-22)29-18-16-20(3)4/h7-15,20,28H,5-6,16-19H2,1-4H3. The average Bonchev–Trinajstić information content (AvgIpc) is 2.77. The largest absolute Gasteiger partial charge is 0.494 e. The lowest BCUT2D eigenvalue weighted by Gasteiger charge is -2.28. The SMILES string of the molecule is CCN(CC)CCOC(=O)C(O)(c1ccccc1)c1ccc(OCCC(C)C)cc1. The lowest BCUT2D eigenvalue weighted by atomic mass is 9.86. The van der Waals surface area contributed by atoms with Crippen molar-refractivity contribution >= 4 is 5.97 Å². The fourth-order valence-corrected chi connectivity index (χ4v) is 3.20. The maximum absolute atomic E-state index is 13.0. The Kier molecular flexibility index (Phi) is 9.34. The molecule has 2 aromatic rings. The molecular formula is C25H35NO4. The summed E-state index contributed by atoms with van der Waals surface area (Å²) in [6.07, 6.45) is 0.967. The number of nitrogens with zero attached hydrogens (tertiary/aromatic N) is 1. The monoisotopic (exact) mass is 413 g/mol. The summed E-state index contributed by atoms with van der Waals surface area (Å²) in [6, 6.07) is 15.9. The van der Waals surface area contributed by atoms with E-state index in [1.165, 1.54) is 0 Å². The van der Waals surface area contributed by atoms with E-state index < -0.39 is 11.6 Å². The Balaban J connectivity index is 2.19. The molecule has 1 unspecified atom stereocenters. The normalized spacial score (nSPS) is 13.3. The maximum atomic E-state index is 13.0. The van der Waals surface area contributed by atoms with Crippen LogP contribution in [0.3, 0.4) is 0 Å². The van der Waals surface area contributed by atoms with Crippen molar-refractivity contribution in [3.63, 3.8) is 0 Å². The number of carbonyl (C=O) groups is 1. The number of hydrogen-bond acceptors (Lipinski definition) is 5. The van der Waals surface area contributed by atoms with Crippen molar-refractivity contribution in [2.45, 2.75) is 39.7 Å². The molecular weight excluding hydrogens is 378 g/mol. The van der Waals surface area contributed by atoms with Crippen molar-refractivity contribution in [2.24, 2.45) is 5.92 Å². The molecule has 30 heavy (non-hydrogen) atoms. The van der Waals surface area contributed by atoms with Gasteiger partial charge in [0.25, 0.3) is 0 Å². The molecule has 0 heterocycles. The van der Waals surface area contributed by atoms with Gasteiger partial charge in [-0.1, -0.05) is 70.2 Å². The Morgan fingerprint density at radius 2 is 1.57 bits per heavy atom. The van der Waals surface area contributed by atoms with E-state index in [1.807, 2.05) is 6.07 Å². The first-order valence-corrected chi connectivity index (χ1v) is 10.8. The van der Waals surface area contributed by atoms with Gasteiger partial charge in [0.2, 0.25) is 5.60 Å². The van der Waals surface area contributed by atoms with Gasteiger partial charge in [-0.3, -0.25) is 0 Å². The van der Waals surface area contributed by atoms with Crippen molar-refractivity contribution in [2.75, 3.05) is 32.8 Å². The van der Waals surface area contributed by atoms with E-state index in [-0.39, 0.29) is 6.61 Å². The summed E-state index contributed by atoms with van der Waals surface area (Å²) in [5, 5.41) is 11.5. The van der Waals surface area contributed by atoms with E-state index in [9.17, 15) is 9.90 Å². The second-order valence-corrected chi connectivity index (χ2v) is 7.79. The molecule has 164 valence electrons. The molecule has 2 aromatic carbocycles. The number of rotatable bonds is 12. The van der Waals surface area contributed by atoms with Crippen LogP contribution in [0.1, 0.15) is 45.2 Å². The first-order valence-electron chi connectivity index (χ1n) is 10.8. The number of benzene rings is 2. The molecule has 0 aliphatic rings. The predicted molar refractivity (Wildman–Crippen MR) is 120 cm³/mol. The average molecular weight is 414 g/mol. The van der Waals surface area contributed by atoms with Gasteiger partial charge in [-0.2, -0.15) is 0 Å². The molecule has 0 aliphatic carbocycles. The van der Waals surface area contributed by atoms with Crippen LogP contribution in [0.5, 0.6) is 5.75 Å². The van der Waals surface area contributed by atoms with Crippen molar-refractivity contribution in [3.8, 4) is 5.75 Å². The first-order chi connectivity index (χ1) is 14.4. The second-order valence-electron chi connectivity index (χ2n) is 7.79. The molecule has 0 spiro atoms. The van der Waals surface area contributed by atoms with Crippen molar-refractivity contribution in [1.29, 1.82) is 0 Å². The summed E-state index contributed by atoms with van der Waals surface area (Å²) in [4.78, 5) is 15.2. The van der Waals surface area contributed by atoms with Crippen LogP contribution in [-0.4, -0.2) is 48.8 Å². The third kappa shape index (κ3) is 6.31. The van der Waals surface area contributed by atoms with Crippen LogP contribution in [0.2, 0.25) is 0 Å². The highest BCUT2D eigenvalue weighted by Gasteiger charge is 2.41. The summed E-state index contributed by atoms with van der Waals surface area (Å²) in [5.41, 5.74) is -0.940. The Labute approximate surface area is 180 Å². The minimum absolute atomic E-state index is 0.228. The van der Waals surface area contributed by atoms with Gasteiger partial charge < -0.3 is 19.5 Å². The van der Waals surface area contributed by atoms with E-state index in [1.54, 1.807) is 48.5 Å². The summed E-state index contributed by atoms with van der Waals surface area (Å²) in [5.74, 6) is 0.609. The zero-order valence-corrected chi connectivity index (χ0v) is 18.6. The van der Waals surface area contributed by atoms with Crippen LogP contribution in [0.15, 0.2) is 54.6 Å². The van der Waals surface area contributed by atoms with Crippen molar-refractivity contribution in [3.05, 3.63) is 65.7 Å². The molecule has 0 radical (unpaired) electrons. The first kappa shape index (κ1) is 23.9. The van der Waals surface area contributed by atoms with Crippen molar-refractivity contribution in [1.82, 2.24) is 4.90 Å². The number of likely N-dealkylation sites (N-methyl/N-ethyl adjacent to an activating group) is 1. The van der Waals surface area contributed by atoms with Gasteiger partial charge in [0, 0.05) is 6.54 Å². The summed E-state index contributed by atoms with van der Waals surface area (Å²) >= 11 is 0. The second kappa shape index (κ2) is 11.7. The molecule has 0 aromatic heterocycles. The zero-order chi connectivity index (χ0) is 22.0. The highest BCUT2D eigenvalue weighted by molar-refractivity contribution is 5.85.